The fourth-order valence-corrected chi connectivity index (χ4v) is 3.96. The van der Waals surface area contributed by atoms with Crippen molar-refractivity contribution in [3.63, 3.8) is 0 Å². The number of carboxylic acids is 2. The first kappa shape index (κ1) is 31.9. The van der Waals surface area contributed by atoms with E-state index in [4.69, 9.17) is 29.2 Å². The lowest BCUT2D eigenvalue weighted by Crippen LogP contribution is -2.45. The summed E-state index contributed by atoms with van der Waals surface area (Å²) in [5, 5.41) is 26.2. The lowest BCUT2D eigenvalue weighted by Gasteiger charge is -2.30. The highest BCUT2D eigenvalue weighted by atomic mass is 16.5. The number of hydrogen-bond donors (Lipinski definition) is 3. The van der Waals surface area contributed by atoms with Crippen LogP contribution in [0.25, 0.3) is 0 Å². The van der Waals surface area contributed by atoms with Crippen molar-refractivity contribution in [1.29, 1.82) is 0 Å². The van der Waals surface area contributed by atoms with Gasteiger partial charge in [0.15, 0.2) is 23.0 Å². The number of amides is 1. The average Bonchev–Trinajstić information content (AvgIpc) is 2.95. The van der Waals surface area contributed by atoms with Crippen molar-refractivity contribution in [2.75, 3.05) is 60.7 Å². The van der Waals surface area contributed by atoms with Gasteiger partial charge in [0.05, 0.1) is 41.1 Å². The number of hydrogen-bond acceptors (Lipinski definition) is 9. The summed E-state index contributed by atoms with van der Waals surface area (Å²) in [4.78, 5) is 36.2. The van der Waals surface area contributed by atoms with E-state index in [2.05, 4.69) is 4.90 Å². The number of morpholine rings is 1. The van der Waals surface area contributed by atoms with Crippen molar-refractivity contribution >= 4 is 17.8 Å². The minimum absolute atomic E-state index is 0.00372. The number of benzene rings is 2. The zero-order valence-electron chi connectivity index (χ0n) is 22.9. The van der Waals surface area contributed by atoms with Crippen LogP contribution in [0.5, 0.6) is 23.0 Å². The molecule has 1 aliphatic rings. The van der Waals surface area contributed by atoms with Crippen LogP contribution in [0.15, 0.2) is 48.6 Å². The number of aromatic hydroxyl groups is 1. The summed E-state index contributed by atoms with van der Waals surface area (Å²) < 4.78 is 21.6. The van der Waals surface area contributed by atoms with Gasteiger partial charge in [0.1, 0.15) is 0 Å². The SMILES string of the molecule is COc1cccc(CN(CCc2cccc(OC)c2OC)C(=O)CN2CCOCC2)c1O.O=C(O)/C=C\C(=O)O. The van der Waals surface area contributed by atoms with Crippen molar-refractivity contribution in [2.24, 2.45) is 0 Å². The first-order chi connectivity index (χ1) is 19.2. The van der Waals surface area contributed by atoms with E-state index in [1.807, 2.05) is 24.3 Å². The molecule has 1 heterocycles. The van der Waals surface area contributed by atoms with Crippen molar-refractivity contribution in [2.45, 2.75) is 13.0 Å². The number of phenolic OH excluding ortho intramolecular Hbond substituents is 1. The molecule has 1 saturated heterocycles. The van der Waals surface area contributed by atoms with Gasteiger partial charge in [-0.1, -0.05) is 24.3 Å². The predicted molar refractivity (Wildman–Crippen MR) is 145 cm³/mol. The monoisotopic (exact) mass is 560 g/mol. The average molecular weight is 561 g/mol. The van der Waals surface area contributed by atoms with Gasteiger partial charge in [-0.25, -0.2) is 9.59 Å². The topological polar surface area (TPSA) is 155 Å². The molecule has 3 rings (SSSR count). The van der Waals surface area contributed by atoms with Gasteiger partial charge in [0, 0.05) is 43.9 Å². The first-order valence-electron chi connectivity index (χ1n) is 12.5. The number of aliphatic carboxylic acids is 2. The Balaban J connectivity index is 0.000000611. The number of carbonyl (C=O) groups is 3. The Labute approximate surface area is 232 Å². The molecule has 2 aromatic carbocycles. The van der Waals surface area contributed by atoms with E-state index in [0.717, 1.165) is 18.7 Å². The molecule has 1 fully saturated rings. The van der Waals surface area contributed by atoms with Crippen LogP contribution >= 0.6 is 0 Å². The van der Waals surface area contributed by atoms with E-state index in [-0.39, 0.29) is 18.2 Å². The molecule has 218 valence electrons. The van der Waals surface area contributed by atoms with Crippen LogP contribution < -0.4 is 14.2 Å². The molecule has 0 atom stereocenters. The van der Waals surface area contributed by atoms with Crippen LogP contribution in [-0.4, -0.2) is 104 Å². The third-order valence-electron chi connectivity index (χ3n) is 5.98. The van der Waals surface area contributed by atoms with E-state index in [1.165, 1.54) is 7.11 Å². The van der Waals surface area contributed by atoms with Crippen LogP contribution in [-0.2, 0) is 32.1 Å². The molecule has 12 nitrogen and oxygen atoms in total. The van der Waals surface area contributed by atoms with Crippen molar-refractivity contribution in [1.82, 2.24) is 9.80 Å². The second-order valence-corrected chi connectivity index (χ2v) is 8.58. The Hall–Kier alpha value is -4.29. The van der Waals surface area contributed by atoms with Crippen molar-refractivity contribution in [3.8, 4) is 23.0 Å². The van der Waals surface area contributed by atoms with Gasteiger partial charge in [-0.15, -0.1) is 0 Å². The third-order valence-corrected chi connectivity index (χ3v) is 5.98. The summed E-state index contributed by atoms with van der Waals surface area (Å²) in [6, 6.07) is 11.0. The van der Waals surface area contributed by atoms with Gasteiger partial charge in [-0.2, -0.15) is 0 Å². The summed E-state index contributed by atoms with van der Waals surface area (Å²) in [6.45, 7) is 3.77. The van der Waals surface area contributed by atoms with Gasteiger partial charge in [0.2, 0.25) is 5.91 Å². The standard InChI is InChI=1S/C24H32N2O6.C4H4O4/c1-29-20-8-5-7-19(23(20)28)16-26(22(27)17-25-12-14-32-15-13-25)11-10-18-6-4-9-21(30-2)24(18)31-3;5-3(6)1-2-4(7)8/h4-9,28H,10-17H2,1-3H3;1-2H,(H,5,6)(H,7,8)/b;2-1-. The van der Waals surface area contributed by atoms with Crippen LogP contribution in [0, 0.1) is 0 Å². The molecule has 0 saturated carbocycles. The van der Waals surface area contributed by atoms with Gasteiger partial charge >= 0.3 is 11.9 Å². The molecule has 0 radical (unpaired) electrons. The Morgan fingerprint density at radius 3 is 2.02 bits per heavy atom. The normalized spacial score (nSPS) is 13.2. The highest BCUT2D eigenvalue weighted by molar-refractivity contribution is 5.89. The second-order valence-electron chi connectivity index (χ2n) is 8.58. The fraction of sp³-hybridized carbons (Fsp3) is 0.393. The number of phenols is 1. The quantitative estimate of drug-likeness (QED) is 0.327. The summed E-state index contributed by atoms with van der Waals surface area (Å²) in [5.74, 6) is -0.757. The number of para-hydroxylation sites is 2. The zero-order chi connectivity index (χ0) is 29.5. The highest BCUT2D eigenvalue weighted by Crippen LogP contribution is 2.32. The van der Waals surface area contributed by atoms with E-state index in [0.29, 0.717) is 67.7 Å². The third kappa shape index (κ3) is 10.1. The lowest BCUT2D eigenvalue weighted by atomic mass is 10.1. The zero-order valence-corrected chi connectivity index (χ0v) is 22.9. The molecule has 0 aromatic heterocycles. The predicted octanol–water partition coefficient (Wildman–Crippen LogP) is 2.03. The molecule has 12 heteroatoms. The number of carbonyl (C=O) groups excluding carboxylic acids is 1. The maximum Gasteiger partial charge on any atom is 0.328 e. The molecule has 0 aliphatic carbocycles. The Bertz CT molecular complexity index is 1150. The number of carboxylic acid groups (broad SMARTS) is 2. The van der Waals surface area contributed by atoms with Crippen molar-refractivity contribution < 1.29 is 48.7 Å². The maximum absolute atomic E-state index is 13.3. The number of nitrogens with zero attached hydrogens (tertiary/aromatic N) is 2. The summed E-state index contributed by atoms with van der Waals surface area (Å²) >= 11 is 0. The van der Waals surface area contributed by atoms with Crippen LogP contribution in [0.1, 0.15) is 11.1 Å². The minimum Gasteiger partial charge on any atom is -0.504 e. The molecular weight excluding hydrogens is 524 g/mol. The Morgan fingerprint density at radius 1 is 0.900 bits per heavy atom. The Morgan fingerprint density at radius 2 is 1.48 bits per heavy atom. The van der Waals surface area contributed by atoms with Crippen LogP contribution in [0.2, 0.25) is 0 Å². The second kappa shape index (κ2) is 16.6. The molecule has 2 aromatic rings. The molecule has 40 heavy (non-hydrogen) atoms. The fourth-order valence-electron chi connectivity index (χ4n) is 3.96. The van der Waals surface area contributed by atoms with E-state index < -0.39 is 11.9 Å². The Kier molecular flexibility index (Phi) is 13.3. The van der Waals surface area contributed by atoms with Crippen LogP contribution in [0.4, 0.5) is 0 Å². The number of ether oxygens (including phenoxy) is 4. The molecule has 0 bridgehead atoms. The van der Waals surface area contributed by atoms with Gasteiger partial charge in [0.25, 0.3) is 0 Å². The lowest BCUT2D eigenvalue weighted by molar-refractivity contribution is -0.134. The largest absolute Gasteiger partial charge is 0.504 e. The molecule has 1 amide bonds. The van der Waals surface area contributed by atoms with E-state index in [9.17, 15) is 19.5 Å². The number of methoxy groups -OCH3 is 3. The molecular formula is C28H36N2O10. The van der Waals surface area contributed by atoms with E-state index >= 15 is 0 Å². The summed E-state index contributed by atoms with van der Waals surface area (Å²) in [6.07, 6.45) is 1.70. The molecule has 3 N–H and O–H groups in total. The van der Waals surface area contributed by atoms with Crippen LogP contribution in [0.3, 0.4) is 0 Å². The van der Waals surface area contributed by atoms with Crippen molar-refractivity contribution in [3.05, 3.63) is 59.7 Å². The van der Waals surface area contributed by atoms with Gasteiger partial charge < -0.3 is 39.2 Å². The molecule has 1 aliphatic heterocycles. The molecule has 0 unspecified atom stereocenters. The highest BCUT2D eigenvalue weighted by Gasteiger charge is 2.22. The summed E-state index contributed by atoms with van der Waals surface area (Å²) in [7, 11) is 4.72. The van der Waals surface area contributed by atoms with Gasteiger partial charge in [-0.3, -0.25) is 9.69 Å². The summed E-state index contributed by atoms with van der Waals surface area (Å²) in [5.41, 5.74) is 1.59. The van der Waals surface area contributed by atoms with E-state index in [1.54, 1.807) is 31.3 Å². The number of rotatable bonds is 12. The maximum atomic E-state index is 13.3. The van der Waals surface area contributed by atoms with Gasteiger partial charge in [-0.05, 0) is 24.1 Å². The first-order valence-corrected chi connectivity index (χ1v) is 12.5. The smallest absolute Gasteiger partial charge is 0.328 e. The molecule has 0 spiro atoms. The minimum atomic E-state index is -1.26.